The maximum absolute atomic E-state index is 13.2. The van der Waals surface area contributed by atoms with Crippen LogP contribution in [0.2, 0.25) is 0 Å². The van der Waals surface area contributed by atoms with Crippen molar-refractivity contribution < 1.29 is 29.3 Å². The SMILES string of the molecule is CC(C)CCC(NC(=O)OCC1c2ccccc2-c2ccccc21)C(=O)N1CC(O)CC1C(=O)O. The van der Waals surface area contributed by atoms with E-state index in [2.05, 4.69) is 17.4 Å². The van der Waals surface area contributed by atoms with Crippen LogP contribution >= 0.6 is 0 Å². The summed E-state index contributed by atoms with van der Waals surface area (Å²) in [5.41, 5.74) is 4.41. The fourth-order valence-corrected chi connectivity index (χ4v) is 5.03. The van der Waals surface area contributed by atoms with E-state index in [1.165, 1.54) is 0 Å². The molecule has 3 unspecified atom stereocenters. The maximum atomic E-state index is 13.2. The zero-order valence-electron chi connectivity index (χ0n) is 20.0. The zero-order chi connectivity index (χ0) is 25.1. The van der Waals surface area contributed by atoms with Gasteiger partial charge in [-0.3, -0.25) is 4.79 Å². The summed E-state index contributed by atoms with van der Waals surface area (Å²) < 4.78 is 5.60. The number of amides is 2. The largest absolute Gasteiger partial charge is 0.480 e. The number of hydrogen-bond donors (Lipinski definition) is 3. The van der Waals surface area contributed by atoms with E-state index >= 15 is 0 Å². The second-order valence-corrected chi connectivity index (χ2v) is 9.73. The van der Waals surface area contributed by atoms with E-state index in [4.69, 9.17) is 4.74 Å². The number of hydrogen-bond acceptors (Lipinski definition) is 5. The van der Waals surface area contributed by atoms with Crippen molar-refractivity contribution in [3.05, 3.63) is 59.7 Å². The first-order valence-electron chi connectivity index (χ1n) is 12.1. The lowest BCUT2D eigenvalue weighted by Crippen LogP contribution is -2.52. The Morgan fingerprint density at radius 1 is 1.03 bits per heavy atom. The van der Waals surface area contributed by atoms with Gasteiger partial charge in [-0.15, -0.1) is 0 Å². The first kappa shape index (κ1) is 24.7. The van der Waals surface area contributed by atoms with E-state index in [9.17, 15) is 24.6 Å². The lowest BCUT2D eigenvalue weighted by molar-refractivity contribution is -0.149. The quantitative estimate of drug-likeness (QED) is 0.534. The molecule has 0 saturated carbocycles. The van der Waals surface area contributed by atoms with E-state index in [1.807, 2.05) is 50.2 Å². The summed E-state index contributed by atoms with van der Waals surface area (Å²) >= 11 is 0. The molecule has 8 heteroatoms. The fraction of sp³-hybridized carbons (Fsp3) is 0.444. The van der Waals surface area contributed by atoms with Crippen LogP contribution in [0.15, 0.2) is 48.5 Å². The third-order valence-electron chi connectivity index (χ3n) is 6.81. The maximum Gasteiger partial charge on any atom is 0.407 e. The van der Waals surface area contributed by atoms with E-state index in [1.54, 1.807) is 0 Å². The number of nitrogens with zero attached hydrogens (tertiary/aromatic N) is 1. The Bertz CT molecular complexity index is 1060. The van der Waals surface area contributed by atoms with E-state index in [-0.39, 0.29) is 31.4 Å². The molecular formula is C27H32N2O6. The summed E-state index contributed by atoms with van der Waals surface area (Å²) in [5, 5.41) is 22.1. The molecule has 1 heterocycles. The third kappa shape index (κ3) is 5.32. The average Bonchev–Trinajstić information content (AvgIpc) is 3.38. The number of alkyl carbamates (subject to hydrolysis) is 1. The predicted molar refractivity (Wildman–Crippen MR) is 130 cm³/mol. The highest BCUT2D eigenvalue weighted by molar-refractivity contribution is 5.90. The van der Waals surface area contributed by atoms with Gasteiger partial charge in [-0.1, -0.05) is 62.4 Å². The minimum Gasteiger partial charge on any atom is -0.480 e. The molecule has 2 amide bonds. The van der Waals surface area contributed by atoms with E-state index < -0.39 is 36.2 Å². The van der Waals surface area contributed by atoms with Crippen molar-refractivity contribution >= 4 is 18.0 Å². The number of aliphatic carboxylic acids is 1. The predicted octanol–water partition coefficient (Wildman–Crippen LogP) is 3.38. The highest BCUT2D eigenvalue weighted by Crippen LogP contribution is 2.44. The van der Waals surface area contributed by atoms with Crippen LogP contribution in [0.3, 0.4) is 0 Å². The van der Waals surface area contributed by atoms with Crippen LogP contribution in [-0.4, -0.2) is 64.4 Å². The second kappa shape index (κ2) is 10.5. The van der Waals surface area contributed by atoms with Gasteiger partial charge in [0.05, 0.1) is 6.10 Å². The molecule has 2 aromatic rings. The number of aliphatic hydroxyl groups is 1. The average molecular weight is 481 g/mol. The highest BCUT2D eigenvalue weighted by atomic mass is 16.5. The van der Waals surface area contributed by atoms with Crippen LogP contribution < -0.4 is 5.32 Å². The van der Waals surface area contributed by atoms with Gasteiger partial charge in [0.2, 0.25) is 5.91 Å². The molecule has 1 aliphatic carbocycles. The van der Waals surface area contributed by atoms with Crippen LogP contribution in [0, 0.1) is 5.92 Å². The number of β-amino-alcohol motifs (C(OH)–C–C–N with tert-alkyl or cyclic N) is 1. The number of carbonyl (C=O) groups excluding carboxylic acids is 2. The molecule has 3 atom stereocenters. The molecule has 0 aromatic heterocycles. The lowest BCUT2D eigenvalue weighted by atomic mass is 9.98. The Morgan fingerprint density at radius 2 is 1.63 bits per heavy atom. The Balaban J connectivity index is 1.45. The van der Waals surface area contributed by atoms with Crippen molar-refractivity contribution in [1.29, 1.82) is 0 Å². The van der Waals surface area contributed by atoms with E-state index in [0.717, 1.165) is 27.2 Å². The standard InChI is InChI=1S/C27H32N2O6/c1-16(2)11-12-23(25(31)29-14-17(30)13-24(29)26(32)33)28-27(34)35-15-22-20-9-5-3-7-18(20)19-8-4-6-10-21(19)22/h3-10,16-17,22-24,30H,11-15H2,1-2H3,(H,28,34)(H,32,33). The number of aliphatic hydroxyl groups excluding tert-OH is 1. The van der Waals surface area contributed by atoms with Gasteiger partial charge in [-0.05, 0) is 41.0 Å². The summed E-state index contributed by atoms with van der Waals surface area (Å²) in [4.78, 5) is 38.8. The number of carboxylic acid groups (broad SMARTS) is 1. The molecule has 3 N–H and O–H groups in total. The van der Waals surface area contributed by atoms with Crippen molar-refractivity contribution in [2.75, 3.05) is 13.2 Å². The fourth-order valence-electron chi connectivity index (χ4n) is 5.03. The van der Waals surface area contributed by atoms with Crippen molar-refractivity contribution in [2.24, 2.45) is 5.92 Å². The van der Waals surface area contributed by atoms with Crippen LogP contribution in [0.5, 0.6) is 0 Å². The number of carbonyl (C=O) groups is 3. The number of carboxylic acids is 1. The molecule has 186 valence electrons. The number of fused-ring (bicyclic) bond motifs is 3. The molecule has 8 nitrogen and oxygen atoms in total. The molecule has 1 aliphatic heterocycles. The number of likely N-dealkylation sites (tertiary alicyclic amines) is 1. The van der Waals surface area contributed by atoms with Crippen molar-refractivity contribution in [2.45, 2.75) is 57.2 Å². The zero-order valence-corrected chi connectivity index (χ0v) is 20.0. The molecule has 2 aromatic carbocycles. The van der Waals surface area contributed by atoms with Crippen LogP contribution in [0.1, 0.15) is 50.2 Å². The molecule has 0 radical (unpaired) electrons. The molecule has 1 fully saturated rings. The molecule has 2 aliphatic rings. The normalized spacial score (nSPS) is 19.8. The van der Waals surface area contributed by atoms with Gasteiger partial charge < -0.3 is 25.2 Å². The number of benzene rings is 2. The van der Waals surface area contributed by atoms with Crippen LogP contribution in [-0.2, 0) is 14.3 Å². The summed E-state index contributed by atoms with van der Waals surface area (Å²) in [6.07, 6.45) is -0.641. The minimum absolute atomic E-state index is 0.0249. The van der Waals surface area contributed by atoms with Gasteiger partial charge in [-0.25, -0.2) is 9.59 Å². The van der Waals surface area contributed by atoms with E-state index in [0.29, 0.717) is 12.8 Å². The van der Waals surface area contributed by atoms with Gasteiger partial charge in [0.15, 0.2) is 0 Å². The Hall–Kier alpha value is -3.39. The number of rotatable bonds is 8. The van der Waals surface area contributed by atoms with Gasteiger partial charge in [0, 0.05) is 18.9 Å². The lowest BCUT2D eigenvalue weighted by Gasteiger charge is -2.27. The molecule has 4 rings (SSSR count). The molecule has 0 spiro atoms. The smallest absolute Gasteiger partial charge is 0.407 e. The van der Waals surface area contributed by atoms with Crippen molar-refractivity contribution in [3.63, 3.8) is 0 Å². The van der Waals surface area contributed by atoms with Gasteiger partial charge in [-0.2, -0.15) is 0 Å². The summed E-state index contributed by atoms with van der Waals surface area (Å²) in [6, 6.07) is 14.0. The van der Waals surface area contributed by atoms with Gasteiger partial charge in [0.25, 0.3) is 0 Å². The monoisotopic (exact) mass is 480 g/mol. The Labute approximate surface area is 204 Å². The first-order valence-corrected chi connectivity index (χ1v) is 12.1. The van der Waals surface area contributed by atoms with Crippen molar-refractivity contribution in [1.82, 2.24) is 10.2 Å². The van der Waals surface area contributed by atoms with Crippen LogP contribution in [0.25, 0.3) is 11.1 Å². The molecule has 1 saturated heterocycles. The topological polar surface area (TPSA) is 116 Å². The third-order valence-corrected chi connectivity index (χ3v) is 6.81. The summed E-state index contributed by atoms with van der Waals surface area (Å²) in [6.45, 7) is 4.06. The van der Waals surface area contributed by atoms with Gasteiger partial charge >= 0.3 is 12.1 Å². The summed E-state index contributed by atoms with van der Waals surface area (Å²) in [7, 11) is 0. The first-order chi connectivity index (χ1) is 16.8. The Morgan fingerprint density at radius 3 is 2.20 bits per heavy atom. The van der Waals surface area contributed by atoms with Crippen LogP contribution in [0.4, 0.5) is 4.79 Å². The Kier molecular flexibility index (Phi) is 7.40. The van der Waals surface area contributed by atoms with Crippen molar-refractivity contribution in [3.8, 4) is 11.1 Å². The van der Waals surface area contributed by atoms with Gasteiger partial charge in [0.1, 0.15) is 18.7 Å². The number of nitrogens with one attached hydrogen (secondary N) is 1. The summed E-state index contributed by atoms with van der Waals surface area (Å²) in [5.74, 6) is -1.50. The minimum atomic E-state index is -1.17. The second-order valence-electron chi connectivity index (χ2n) is 9.73. The molecule has 0 bridgehead atoms. The highest BCUT2D eigenvalue weighted by Gasteiger charge is 2.41. The molecular weight excluding hydrogens is 448 g/mol. The number of ether oxygens (including phenoxy) is 1. The molecule has 35 heavy (non-hydrogen) atoms.